The number of hydrogen-bond donors (Lipinski definition) is 7. The summed E-state index contributed by atoms with van der Waals surface area (Å²) >= 11 is 0. The molecular formula is C15H27N5O7. The molecule has 0 aliphatic heterocycles. The van der Waals surface area contributed by atoms with Crippen LogP contribution in [0.5, 0.6) is 0 Å². The predicted octanol–water partition coefficient (Wildman–Crippen LogP) is -2.89. The van der Waals surface area contributed by atoms with E-state index < -0.39 is 54.8 Å². The lowest BCUT2D eigenvalue weighted by atomic mass is 10.1. The molecule has 0 saturated heterocycles. The molecule has 27 heavy (non-hydrogen) atoms. The molecule has 12 nitrogen and oxygen atoms in total. The Hall–Kier alpha value is -2.73. The number of carbonyl (C=O) groups excluding carboxylic acids is 3. The Kier molecular flexibility index (Phi) is 12.1. The van der Waals surface area contributed by atoms with Gasteiger partial charge in [-0.2, -0.15) is 0 Å². The topological polar surface area (TPSA) is 214 Å². The van der Waals surface area contributed by atoms with E-state index in [1.165, 1.54) is 0 Å². The Balaban J connectivity index is 4.51. The Labute approximate surface area is 156 Å². The highest BCUT2D eigenvalue weighted by Crippen LogP contribution is 2.01. The number of carbonyl (C=O) groups is 5. The second kappa shape index (κ2) is 13.5. The smallest absolute Gasteiger partial charge is 0.322 e. The monoisotopic (exact) mass is 389 g/mol. The molecular weight excluding hydrogens is 362 g/mol. The van der Waals surface area contributed by atoms with Crippen LogP contribution in [-0.2, 0) is 24.0 Å². The molecule has 0 fully saturated rings. The first-order valence-electron chi connectivity index (χ1n) is 8.41. The number of unbranched alkanes of at least 4 members (excludes halogenated alkanes) is 1. The van der Waals surface area contributed by atoms with Crippen molar-refractivity contribution in [3.63, 3.8) is 0 Å². The second-order valence-corrected chi connectivity index (χ2v) is 5.77. The highest BCUT2D eigenvalue weighted by Gasteiger charge is 2.22. The quantitative estimate of drug-likeness (QED) is 0.152. The fourth-order valence-electron chi connectivity index (χ4n) is 2.00. The molecule has 2 atom stereocenters. The molecule has 154 valence electrons. The van der Waals surface area contributed by atoms with Gasteiger partial charge in [0.2, 0.25) is 17.7 Å². The zero-order valence-electron chi connectivity index (χ0n) is 14.9. The summed E-state index contributed by atoms with van der Waals surface area (Å²) in [5.74, 6) is -4.34. The van der Waals surface area contributed by atoms with Crippen LogP contribution in [0.15, 0.2) is 0 Å². The summed E-state index contributed by atoms with van der Waals surface area (Å²) in [6.07, 6.45) is 1.04. The minimum atomic E-state index is -1.22. The number of carboxylic acids is 2. The molecule has 3 amide bonds. The maximum atomic E-state index is 12.0. The third kappa shape index (κ3) is 12.3. The van der Waals surface area contributed by atoms with Gasteiger partial charge in [-0.3, -0.25) is 24.0 Å². The summed E-state index contributed by atoms with van der Waals surface area (Å²) in [5, 5.41) is 24.0. The molecule has 0 heterocycles. The van der Waals surface area contributed by atoms with E-state index in [9.17, 15) is 24.0 Å². The van der Waals surface area contributed by atoms with Crippen molar-refractivity contribution >= 4 is 29.7 Å². The lowest BCUT2D eigenvalue weighted by Crippen LogP contribution is -2.51. The third-order valence-electron chi connectivity index (χ3n) is 3.44. The van der Waals surface area contributed by atoms with E-state index in [0.29, 0.717) is 19.4 Å². The van der Waals surface area contributed by atoms with Gasteiger partial charge in [0.1, 0.15) is 12.6 Å². The van der Waals surface area contributed by atoms with Crippen LogP contribution >= 0.6 is 0 Å². The minimum absolute atomic E-state index is 0.0813. The van der Waals surface area contributed by atoms with Gasteiger partial charge in [0, 0.05) is 6.42 Å². The van der Waals surface area contributed by atoms with Crippen molar-refractivity contribution < 1.29 is 34.2 Å². The molecule has 0 rings (SSSR count). The number of carboxylic acid groups (broad SMARTS) is 2. The van der Waals surface area contributed by atoms with Gasteiger partial charge in [0.05, 0.1) is 12.6 Å². The summed E-state index contributed by atoms with van der Waals surface area (Å²) in [5.41, 5.74) is 10.9. The van der Waals surface area contributed by atoms with Crippen LogP contribution in [0, 0.1) is 0 Å². The molecule has 0 saturated carbocycles. The fraction of sp³-hybridized carbons (Fsp3) is 0.667. The maximum Gasteiger partial charge on any atom is 0.322 e. The Morgan fingerprint density at radius 3 is 2.04 bits per heavy atom. The first-order chi connectivity index (χ1) is 12.7. The van der Waals surface area contributed by atoms with Gasteiger partial charge in [0.15, 0.2) is 0 Å². The third-order valence-corrected chi connectivity index (χ3v) is 3.44. The molecule has 0 aromatic carbocycles. The number of rotatable bonds is 14. The number of aliphatic carboxylic acids is 2. The first-order valence-corrected chi connectivity index (χ1v) is 8.41. The van der Waals surface area contributed by atoms with E-state index in [-0.39, 0.29) is 19.3 Å². The van der Waals surface area contributed by atoms with E-state index in [1.54, 1.807) is 0 Å². The molecule has 2 unspecified atom stereocenters. The summed E-state index contributed by atoms with van der Waals surface area (Å²) < 4.78 is 0. The normalized spacial score (nSPS) is 12.5. The highest BCUT2D eigenvalue weighted by molar-refractivity contribution is 5.92. The van der Waals surface area contributed by atoms with Crippen molar-refractivity contribution in [3.05, 3.63) is 0 Å². The molecule has 0 aromatic rings. The van der Waals surface area contributed by atoms with Crippen LogP contribution in [0.25, 0.3) is 0 Å². The van der Waals surface area contributed by atoms with E-state index in [4.69, 9.17) is 21.7 Å². The molecule has 0 spiro atoms. The van der Waals surface area contributed by atoms with Crippen molar-refractivity contribution in [2.75, 3.05) is 19.6 Å². The molecule has 0 bridgehead atoms. The van der Waals surface area contributed by atoms with Crippen LogP contribution in [-0.4, -0.2) is 71.6 Å². The SMILES string of the molecule is NCCCCC(NC(=O)CNC(=O)C(N)CCC(=O)O)C(=O)NCC(=O)O. The summed E-state index contributed by atoms with van der Waals surface area (Å²) in [6, 6.07) is -2.05. The van der Waals surface area contributed by atoms with E-state index in [2.05, 4.69) is 16.0 Å². The van der Waals surface area contributed by atoms with Crippen LogP contribution in [0.2, 0.25) is 0 Å². The van der Waals surface area contributed by atoms with Crippen molar-refractivity contribution in [1.82, 2.24) is 16.0 Å². The zero-order chi connectivity index (χ0) is 20.8. The molecule has 0 aromatic heterocycles. The van der Waals surface area contributed by atoms with Gasteiger partial charge < -0.3 is 37.6 Å². The predicted molar refractivity (Wildman–Crippen MR) is 93.3 cm³/mol. The van der Waals surface area contributed by atoms with Gasteiger partial charge in [0.25, 0.3) is 0 Å². The standard InChI is InChI=1S/C15H27N5O7/c16-6-2-1-3-10(15(27)19-8-13(24)25)20-11(21)7-18-14(26)9(17)4-5-12(22)23/h9-10H,1-8,16-17H2,(H,18,26)(H,19,27)(H,20,21)(H,22,23)(H,24,25). The number of nitrogens with one attached hydrogen (secondary N) is 3. The van der Waals surface area contributed by atoms with E-state index in [0.717, 1.165) is 0 Å². The number of amides is 3. The average Bonchev–Trinajstić information content (AvgIpc) is 2.61. The van der Waals surface area contributed by atoms with Crippen molar-refractivity contribution in [2.24, 2.45) is 11.5 Å². The van der Waals surface area contributed by atoms with E-state index >= 15 is 0 Å². The maximum absolute atomic E-state index is 12.0. The van der Waals surface area contributed by atoms with Crippen LogP contribution in [0.1, 0.15) is 32.1 Å². The van der Waals surface area contributed by atoms with Gasteiger partial charge in [-0.05, 0) is 32.2 Å². The first kappa shape index (κ1) is 24.3. The molecule has 0 aliphatic rings. The summed E-state index contributed by atoms with van der Waals surface area (Å²) in [7, 11) is 0. The fourth-order valence-corrected chi connectivity index (χ4v) is 2.00. The minimum Gasteiger partial charge on any atom is -0.481 e. The summed E-state index contributed by atoms with van der Waals surface area (Å²) in [4.78, 5) is 56.6. The summed E-state index contributed by atoms with van der Waals surface area (Å²) in [6.45, 7) is -0.641. The Bertz CT molecular complexity index is 541. The molecule has 9 N–H and O–H groups in total. The molecule has 12 heteroatoms. The van der Waals surface area contributed by atoms with Crippen molar-refractivity contribution in [1.29, 1.82) is 0 Å². The zero-order valence-corrected chi connectivity index (χ0v) is 14.9. The number of nitrogens with two attached hydrogens (primary N) is 2. The van der Waals surface area contributed by atoms with Gasteiger partial charge in [-0.15, -0.1) is 0 Å². The molecule has 0 aliphatic carbocycles. The lowest BCUT2D eigenvalue weighted by Gasteiger charge is -2.18. The highest BCUT2D eigenvalue weighted by atomic mass is 16.4. The van der Waals surface area contributed by atoms with Gasteiger partial charge in [-0.25, -0.2) is 0 Å². The average molecular weight is 389 g/mol. The Morgan fingerprint density at radius 1 is 0.852 bits per heavy atom. The van der Waals surface area contributed by atoms with Crippen LogP contribution in [0.4, 0.5) is 0 Å². The van der Waals surface area contributed by atoms with Gasteiger partial charge in [-0.1, -0.05) is 0 Å². The molecule has 0 radical (unpaired) electrons. The largest absolute Gasteiger partial charge is 0.481 e. The van der Waals surface area contributed by atoms with Gasteiger partial charge >= 0.3 is 11.9 Å². The van der Waals surface area contributed by atoms with Crippen molar-refractivity contribution in [2.45, 2.75) is 44.2 Å². The van der Waals surface area contributed by atoms with Crippen LogP contribution in [0.3, 0.4) is 0 Å². The van der Waals surface area contributed by atoms with E-state index in [1.807, 2.05) is 0 Å². The Morgan fingerprint density at radius 2 is 1.48 bits per heavy atom. The second-order valence-electron chi connectivity index (χ2n) is 5.77. The van der Waals surface area contributed by atoms with Crippen LogP contribution < -0.4 is 27.4 Å². The lowest BCUT2D eigenvalue weighted by molar-refractivity contribution is -0.139. The van der Waals surface area contributed by atoms with Crippen molar-refractivity contribution in [3.8, 4) is 0 Å². The number of hydrogen-bond acceptors (Lipinski definition) is 7.